The van der Waals surface area contributed by atoms with E-state index in [4.69, 9.17) is 4.42 Å². The summed E-state index contributed by atoms with van der Waals surface area (Å²) in [6.07, 6.45) is 2.24. The van der Waals surface area contributed by atoms with Crippen LogP contribution in [0.4, 0.5) is 0 Å². The van der Waals surface area contributed by atoms with Crippen molar-refractivity contribution in [3.05, 3.63) is 23.7 Å². The maximum Gasteiger partial charge on any atom is 0.257 e. The van der Waals surface area contributed by atoms with Gasteiger partial charge in [0.2, 0.25) is 0 Å². The first-order valence-electron chi connectivity index (χ1n) is 5.11. The van der Waals surface area contributed by atoms with Gasteiger partial charge in [-0.25, -0.2) is 0 Å². The number of aryl methyl sites for hydroxylation is 1. The summed E-state index contributed by atoms with van der Waals surface area (Å²) in [7, 11) is 0. The molecule has 4 nitrogen and oxygen atoms in total. The number of carbonyl (C=O) groups is 1. The van der Waals surface area contributed by atoms with E-state index in [2.05, 4.69) is 0 Å². The van der Waals surface area contributed by atoms with E-state index >= 15 is 0 Å². The third-order valence-electron chi connectivity index (χ3n) is 2.65. The zero-order valence-electron chi connectivity index (χ0n) is 8.99. The van der Waals surface area contributed by atoms with E-state index in [1.807, 2.05) is 6.92 Å². The molecule has 4 heteroatoms. The number of hydrogen-bond acceptors (Lipinski definition) is 3. The van der Waals surface area contributed by atoms with E-state index in [1.54, 1.807) is 17.9 Å². The van der Waals surface area contributed by atoms with Crippen LogP contribution in [0.3, 0.4) is 0 Å². The lowest BCUT2D eigenvalue weighted by molar-refractivity contribution is -0.0669. The molecule has 2 rings (SSSR count). The van der Waals surface area contributed by atoms with Crippen LogP contribution in [0, 0.1) is 0 Å². The van der Waals surface area contributed by atoms with Crippen LogP contribution >= 0.6 is 0 Å². The van der Waals surface area contributed by atoms with Crippen LogP contribution in [0.1, 0.15) is 30.0 Å². The van der Waals surface area contributed by atoms with Crippen LogP contribution < -0.4 is 0 Å². The molecule has 1 amide bonds. The Hall–Kier alpha value is -1.29. The number of β-amino-alcohol motifs (C(OH)–C–C–N with tert-alkyl or cyclic N) is 1. The summed E-state index contributed by atoms with van der Waals surface area (Å²) in [6.45, 7) is 4.48. The van der Waals surface area contributed by atoms with Gasteiger partial charge >= 0.3 is 0 Å². The lowest BCUT2D eigenvalue weighted by atomic mass is 9.96. The Labute approximate surface area is 88.5 Å². The fourth-order valence-corrected chi connectivity index (χ4v) is 1.89. The molecule has 0 spiro atoms. The molecule has 0 aliphatic carbocycles. The van der Waals surface area contributed by atoms with Crippen LogP contribution in [-0.4, -0.2) is 34.6 Å². The topological polar surface area (TPSA) is 53.7 Å². The lowest BCUT2D eigenvalue weighted by Crippen LogP contribution is -2.61. The molecule has 1 aromatic heterocycles. The maximum absolute atomic E-state index is 11.9. The number of hydrogen-bond donors (Lipinski definition) is 1. The minimum Gasteiger partial charge on any atom is -0.469 e. The molecule has 0 atom stereocenters. The zero-order valence-corrected chi connectivity index (χ0v) is 8.99. The SMILES string of the molecule is CCc1occc1C(=O)N1CC(C)(O)C1. The molecule has 0 radical (unpaired) electrons. The molecular weight excluding hydrogens is 194 g/mol. The number of nitrogens with zero attached hydrogens (tertiary/aromatic N) is 1. The molecular formula is C11H15NO3. The van der Waals surface area contributed by atoms with Gasteiger partial charge in [0, 0.05) is 6.42 Å². The van der Waals surface area contributed by atoms with Crippen LogP contribution in [-0.2, 0) is 6.42 Å². The summed E-state index contributed by atoms with van der Waals surface area (Å²) in [5.74, 6) is 0.665. The van der Waals surface area contributed by atoms with Crippen molar-refractivity contribution >= 4 is 5.91 Å². The number of amides is 1. The summed E-state index contributed by atoms with van der Waals surface area (Å²) in [5, 5.41) is 9.54. The fraction of sp³-hybridized carbons (Fsp3) is 0.545. The minimum absolute atomic E-state index is 0.0490. The molecule has 1 N–H and O–H groups in total. The van der Waals surface area contributed by atoms with E-state index < -0.39 is 5.60 Å². The zero-order chi connectivity index (χ0) is 11.1. The Bertz CT molecular complexity index is 373. The molecule has 0 unspecified atom stereocenters. The number of furan rings is 1. The summed E-state index contributed by atoms with van der Waals surface area (Å²) in [5.41, 5.74) is -0.0980. The second-order valence-electron chi connectivity index (χ2n) is 4.27. The summed E-state index contributed by atoms with van der Waals surface area (Å²) in [6, 6.07) is 1.69. The molecule has 1 aliphatic rings. The molecule has 0 saturated carbocycles. The molecule has 1 aliphatic heterocycles. The van der Waals surface area contributed by atoms with E-state index in [-0.39, 0.29) is 5.91 Å². The highest BCUT2D eigenvalue weighted by Crippen LogP contribution is 2.23. The highest BCUT2D eigenvalue weighted by atomic mass is 16.3. The van der Waals surface area contributed by atoms with Gasteiger partial charge in [0.1, 0.15) is 5.76 Å². The van der Waals surface area contributed by atoms with E-state index in [0.717, 1.165) is 0 Å². The maximum atomic E-state index is 11.9. The Kier molecular flexibility index (Phi) is 2.31. The van der Waals surface area contributed by atoms with E-state index in [1.165, 1.54) is 6.26 Å². The largest absolute Gasteiger partial charge is 0.469 e. The van der Waals surface area contributed by atoms with Crippen LogP contribution in [0.5, 0.6) is 0 Å². The van der Waals surface area contributed by atoms with Crippen molar-refractivity contribution in [2.75, 3.05) is 13.1 Å². The lowest BCUT2D eigenvalue weighted by Gasteiger charge is -2.44. The first-order valence-corrected chi connectivity index (χ1v) is 5.11. The molecule has 15 heavy (non-hydrogen) atoms. The van der Waals surface area contributed by atoms with Crippen molar-refractivity contribution in [2.24, 2.45) is 0 Å². The number of rotatable bonds is 2. The van der Waals surface area contributed by atoms with Crippen molar-refractivity contribution in [3.8, 4) is 0 Å². The second-order valence-corrected chi connectivity index (χ2v) is 4.27. The van der Waals surface area contributed by atoms with E-state index in [9.17, 15) is 9.90 Å². The summed E-state index contributed by atoms with van der Waals surface area (Å²) in [4.78, 5) is 13.5. The van der Waals surface area contributed by atoms with Crippen molar-refractivity contribution in [3.63, 3.8) is 0 Å². The Balaban J connectivity index is 2.10. The number of likely N-dealkylation sites (tertiary alicyclic amines) is 1. The van der Waals surface area contributed by atoms with Gasteiger partial charge in [0.05, 0.1) is 30.5 Å². The van der Waals surface area contributed by atoms with Crippen molar-refractivity contribution < 1.29 is 14.3 Å². The van der Waals surface area contributed by atoms with E-state index in [0.29, 0.717) is 30.8 Å². The van der Waals surface area contributed by atoms with Gasteiger partial charge in [0.25, 0.3) is 5.91 Å². The Morgan fingerprint density at radius 3 is 2.87 bits per heavy atom. The van der Waals surface area contributed by atoms with Crippen molar-refractivity contribution in [2.45, 2.75) is 25.9 Å². The molecule has 82 valence electrons. The van der Waals surface area contributed by atoms with Gasteiger partial charge in [0.15, 0.2) is 0 Å². The highest BCUT2D eigenvalue weighted by molar-refractivity contribution is 5.95. The standard InChI is InChI=1S/C11H15NO3/c1-3-9-8(4-5-15-9)10(13)12-6-11(2,14)7-12/h4-5,14H,3,6-7H2,1-2H3. The van der Waals surface area contributed by atoms with Gasteiger partial charge in [-0.1, -0.05) is 6.92 Å². The Morgan fingerprint density at radius 2 is 2.33 bits per heavy atom. The third-order valence-corrected chi connectivity index (χ3v) is 2.65. The minimum atomic E-state index is -0.716. The first-order chi connectivity index (χ1) is 7.03. The fourth-order valence-electron chi connectivity index (χ4n) is 1.89. The molecule has 1 fully saturated rings. The predicted octanol–water partition coefficient (Wildman–Crippen LogP) is 1.05. The average molecular weight is 209 g/mol. The van der Waals surface area contributed by atoms with Crippen LogP contribution in [0.15, 0.2) is 16.7 Å². The molecule has 1 saturated heterocycles. The normalized spacial score (nSPS) is 18.7. The quantitative estimate of drug-likeness (QED) is 0.792. The van der Waals surface area contributed by atoms with Gasteiger partial charge < -0.3 is 14.4 Å². The first kappa shape index (κ1) is 10.2. The Morgan fingerprint density at radius 1 is 1.67 bits per heavy atom. The predicted molar refractivity (Wildman–Crippen MR) is 54.6 cm³/mol. The van der Waals surface area contributed by atoms with Gasteiger partial charge in [-0.2, -0.15) is 0 Å². The highest BCUT2D eigenvalue weighted by Gasteiger charge is 2.40. The molecule has 1 aromatic rings. The average Bonchev–Trinajstić information content (AvgIpc) is 2.60. The number of aliphatic hydroxyl groups is 1. The molecule has 0 aromatic carbocycles. The summed E-state index contributed by atoms with van der Waals surface area (Å²) < 4.78 is 5.20. The third kappa shape index (κ3) is 1.77. The summed E-state index contributed by atoms with van der Waals surface area (Å²) >= 11 is 0. The van der Waals surface area contributed by atoms with Crippen molar-refractivity contribution in [1.29, 1.82) is 0 Å². The van der Waals surface area contributed by atoms with Crippen LogP contribution in [0.2, 0.25) is 0 Å². The second kappa shape index (κ2) is 3.38. The monoisotopic (exact) mass is 209 g/mol. The molecule has 0 bridgehead atoms. The van der Waals surface area contributed by atoms with Crippen LogP contribution in [0.25, 0.3) is 0 Å². The van der Waals surface area contributed by atoms with Gasteiger partial charge in [-0.15, -0.1) is 0 Å². The van der Waals surface area contributed by atoms with Gasteiger partial charge in [-0.05, 0) is 13.0 Å². The number of carbonyl (C=O) groups excluding carboxylic acids is 1. The van der Waals surface area contributed by atoms with Gasteiger partial charge in [-0.3, -0.25) is 4.79 Å². The molecule has 2 heterocycles. The van der Waals surface area contributed by atoms with Crippen molar-refractivity contribution in [1.82, 2.24) is 4.90 Å². The smallest absolute Gasteiger partial charge is 0.257 e.